The van der Waals surface area contributed by atoms with Gasteiger partial charge >= 0.3 is 0 Å². The largest absolute Gasteiger partial charge is 0.344 e. The zero-order valence-electron chi connectivity index (χ0n) is 9.02. The van der Waals surface area contributed by atoms with E-state index in [2.05, 4.69) is 41.1 Å². The molecule has 0 radical (unpaired) electrons. The summed E-state index contributed by atoms with van der Waals surface area (Å²) in [5, 5.41) is 1.38. The van der Waals surface area contributed by atoms with E-state index in [1.54, 1.807) is 0 Å². The van der Waals surface area contributed by atoms with Gasteiger partial charge in [-0.25, -0.2) is 0 Å². The summed E-state index contributed by atoms with van der Waals surface area (Å²) in [6.45, 7) is 0. The van der Waals surface area contributed by atoms with E-state index in [1.807, 2.05) is 0 Å². The highest BCUT2D eigenvalue weighted by atomic mass is 15.0. The number of hydrogen-bond donors (Lipinski definition) is 0. The summed E-state index contributed by atoms with van der Waals surface area (Å²) in [6.07, 6.45) is 9.21. The Bertz CT molecular complexity index is 449. The third kappa shape index (κ3) is 1.56. The molecule has 2 aromatic rings. The van der Waals surface area contributed by atoms with Crippen molar-refractivity contribution in [1.82, 2.24) is 4.57 Å². The Morgan fingerprint density at radius 1 is 0.933 bits per heavy atom. The van der Waals surface area contributed by atoms with Gasteiger partial charge < -0.3 is 4.57 Å². The summed E-state index contributed by atoms with van der Waals surface area (Å²) in [5.74, 6) is 0. The van der Waals surface area contributed by atoms with Crippen LogP contribution in [0.3, 0.4) is 0 Å². The SMILES string of the molecule is c1ccc2c(c1)ccn2C1CCCCC1. The molecule has 0 amide bonds. The van der Waals surface area contributed by atoms with Crippen molar-refractivity contribution in [3.05, 3.63) is 36.5 Å². The zero-order chi connectivity index (χ0) is 10.1. The van der Waals surface area contributed by atoms with Crippen LogP contribution in [0.4, 0.5) is 0 Å². The highest BCUT2D eigenvalue weighted by molar-refractivity contribution is 5.80. The van der Waals surface area contributed by atoms with Crippen LogP contribution in [0.25, 0.3) is 10.9 Å². The first-order valence-corrected chi connectivity index (χ1v) is 6.01. The van der Waals surface area contributed by atoms with E-state index in [0.29, 0.717) is 0 Å². The highest BCUT2D eigenvalue weighted by Gasteiger charge is 2.15. The highest BCUT2D eigenvalue weighted by Crippen LogP contribution is 2.31. The van der Waals surface area contributed by atoms with Gasteiger partial charge in [-0.15, -0.1) is 0 Å². The van der Waals surface area contributed by atoms with Crippen LogP contribution >= 0.6 is 0 Å². The lowest BCUT2D eigenvalue weighted by Gasteiger charge is -2.24. The van der Waals surface area contributed by atoms with Gasteiger partial charge in [-0.2, -0.15) is 0 Å². The molecular weight excluding hydrogens is 182 g/mol. The van der Waals surface area contributed by atoms with Crippen molar-refractivity contribution in [1.29, 1.82) is 0 Å². The van der Waals surface area contributed by atoms with Crippen molar-refractivity contribution < 1.29 is 0 Å². The average Bonchev–Trinajstić information content (AvgIpc) is 2.74. The van der Waals surface area contributed by atoms with Crippen LogP contribution in [0.15, 0.2) is 36.5 Å². The maximum atomic E-state index is 2.48. The number of aromatic nitrogens is 1. The van der Waals surface area contributed by atoms with Gasteiger partial charge in [-0.3, -0.25) is 0 Å². The normalized spacial score (nSPS) is 18.4. The average molecular weight is 199 g/mol. The van der Waals surface area contributed by atoms with Crippen LogP contribution < -0.4 is 0 Å². The first-order chi connectivity index (χ1) is 7.45. The minimum atomic E-state index is 0.749. The number of fused-ring (bicyclic) bond motifs is 1. The topological polar surface area (TPSA) is 4.93 Å². The molecule has 15 heavy (non-hydrogen) atoms. The van der Waals surface area contributed by atoms with Crippen molar-refractivity contribution in [2.45, 2.75) is 38.1 Å². The molecule has 1 aliphatic rings. The van der Waals surface area contributed by atoms with Crippen LogP contribution in [-0.2, 0) is 0 Å². The fraction of sp³-hybridized carbons (Fsp3) is 0.429. The van der Waals surface area contributed by atoms with Gasteiger partial charge in [-0.1, -0.05) is 37.5 Å². The van der Waals surface area contributed by atoms with Gasteiger partial charge in [0, 0.05) is 17.8 Å². The summed E-state index contributed by atoms with van der Waals surface area (Å²) in [7, 11) is 0. The predicted molar refractivity (Wildman–Crippen MR) is 64.1 cm³/mol. The Morgan fingerprint density at radius 2 is 1.73 bits per heavy atom. The van der Waals surface area contributed by atoms with Gasteiger partial charge in [0.25, 0.3) is 0 Å². The van der Waals surface area contributed by atoms with Crippen LogP contribution in [0.1, 0.15) is 38.1 Å². The molecule has 0 spiro atoms. The first-order valence-electron chi connectivity index (χ1n) is 6.01. The summed E-state index contributed by atoms with van der Waals surface area (Å²) in [5.41, 5.74) is 1.41. The van der Waals surface area contributed by atoms with Crippen molar-refractivity contribution in [2.24, 2.45) is 0 Å². The van der Waals surface area contributed by atoms with Gasteiger partial charge in [0.1, 0.15) is 0 Å². The molecule has 0 unspecified atom stereocenters. The van der Waals surface area contributed by atoms with E-state index in [4.69, 9.17) is 0 Å². The molecule has 78 valence electrons. The third-order valence-corrected chi connectivity index (χ3v) is 3.60. The van der Waals surface area contributed by atoms with Crippen LogP contribution in [0.5, 0.6) is 0 Å². The second-order valence-corrected chi connectivity index (χ2v) is 4.57. The van der Waals surface area contributed by atoms with E-state index in [1.165, 1.54) is 43.0 Å². The fourth-order valence-corrected chi connectivity index (χ4v) is 2.78. The first kappa shape index (κ1) is 9.02. The van der Waals surface area contributed by atoms with Crippen LogP contribution in [-0.4, -0.2) is 4.57 Å². The smallest absolute Gasteiger partial charge is 0.0482 e. The molecular formula is C14H17N. The minimum Gasteiger partial charge on any atom is -0.344 e. The second-order valence-electron chi connectivity index (χ2n) is 4.57. The van der Waals surface area contributed by atoms with Crippen molar-refractivity contribution in [3.8, 4) is 0 Å². The van der Waals surface area contributed by atoms with E-state index in [9.17, 15) is 0 Å². The molecule has 1 fully saturated rings. The second kappa shape index (κ2) is 3.73. The molecule has 1 nitrogen and oxygen atoms in total. The standard InChI is InChI=1S/C14H17N/c1-2-7-13(8-3-1)15-11-10-12-6-4-5-9-14(12)15/h4-6,9-11,13H,1-3,7-8H2. The molecule has 1 heterocycles. The summed E-state index contributed by atoms with van der Waals surface area (Å²) in [4.78, 5) is 0. The summed E-state index contributed by atoms with van der Waals surface area (Å²) in [6, 6.07) is 11.7. The molecule has 0 bridgehead atoms. The Labute approximate surface area is 90.7 Å². The van der Waals surface area contributed by atoms with E-state index >= 15 is 0 Å². The Kier molecular flexibility index (Phi) is 2.24. The molecule has 1 aromatic heterocycles. The molecule has 1 aromatic carbocycles. The van der Waals surface area contributed by atoms with Crippen molar-refractivity contribution in [2.75, 3.05) is 0 Å². The lowest BCUT2D eigenvalue weighted by molar-refractivity contribution is 0.361. The van der Waals surface area contributed by atoms with Crippen LogP contribution in [0.2, 0.25) is 0 Å². The monoisotopic (exact) mass is 199 g/mol. The van der Waals surface area contributed by atoms with Gasteiger partial charge in [-0.05, 0) is 30.4 Å². The van der Waals surface area contributed by atoms with Crippen molar-refractivity contribution in [3.63, 3.8) is 0 Å². The molecule has 0 atom stereocenters. The quantitative estimate of drug-likeness (QED) is 0.650. The van der Waals surface area contributed by atoms with E-state index in [-0.39, 0.29) is 0 Å². The molecule has 1 saturated carbocycles. The maximum Gasteiger partial charge on any atom is 0.0482 e. The zero-order valence-corrected chi connectivity index (χ0v) is 9.02. The predicted octanol–water partition coefficient (Wildman–Crippen LogP) is 4.15. The van der Waals surface area contributed by atoms with Gasteiger partial charge in [0.15, 0.2) is 0 Å². The van der Waals surface area contributed by atoms with Crippen molar-refractivity contribution >= 4 is 10.9 Å². The molecule has 0 saturated heterocycles. The number of nitrogens with zero attached hydrogens (tertiary/aromatic N) is 1. The Morgan fingerprint density at radius 3 is 2.60 bits per heavy atom. The molecule has 1 aliphatic carbocycles. The maximum absolute atomic E-state index is 2.48. The number of benzene rings is 1. The van der Waals surface area contributed by atoms with Gasteiger partial charge in [0.2, 0.25) is 0 Å². The summed E-state index contributed by atoms with van der Waals surface area (Å²) >= 11 is 0. The number of hydrogen-bond acceptors (Lipinski definition) is 0. The van der Waals surface area contributed by atoms with Crippen LogP contribution in [0, 0.1) is 0 Å². The third-order valence-electron chi connectivity index (χ3n) is 3.60. The molecule has 0 aliphatic heterocycles. The van der Waals surface area contributed by atoms with E-state index in [0.717, 1.165) is 6.04 Å². The lowest BCUT2D eigenvalue weighted by Crippen LogP contribution is -2.11. The minimum absolute atomic E-state index is 0.749. The van der Waals surface area contributed by atoms with Gasteiger partial charge in [0.05, 0.1) is 0 Å². The Hall–Kier alpha value is -1.24. The lowest BCUT2D eigenvalue weighted by atomic mass is 9.95. The molecule has 0 N–H and O–H groups in total. The molecule has 1 heteroatoms. The number of rotatable bonds is 1. The Balaban J connectivity index is 2.02. The number of para-hydroxylation sites is 1. The van der Waals surface area contributed by atoms with E-state index < -0.39 is 0 Å². The molecule has 3 rings (SSSR count). The summed E-state index contributed by atoms with van der Waals surface area (Å²) < 4.78 is 2.48. The fourth-order valence-electron chi connectivity index (χ4n) is 2.78.